The van der Waals surface area contributed by atoms with E-state index in [1.54, 1.807) is 0 Å². The highest BCUT2D eigenvalue weighted by molar-refractivity contribution is 5.67. The first-order valence-corrected chi connectivity index (χ1v) is 4.38. The van der Waals surface area contributed by atoms with Crippen LogP contribution in [0.15, 0.2) is 11.6 Å². The van der Waals surface area contributed by atoms with Gasteiger partial charge in [-0.3, -0.25) is 4.79 Å². The summed E-state index contributed by atoms with van der Waals surface area (Å²) < 4.78 is 4.78. The summed E-state index contributed by atoms with van der Waals surface area (Å²) in [7, 11) is 0. The molecule has 1 rings (SSSR count). The van der Waals surface area contributed by atoms with Crippen molar-refractivity contribution in [2.24, 2.45) is 0 Å². The number of nitrogens with zero attached hydrogens (tertiary/aromatic N) is 1. The average molecular weight is 199 g/mol. The van der Waals surface area contributed by atoms with E-state index in [0.29, 0.717) is 19.5 Å². The number of carbonyl (C=O) groups excluding carboxylic acids is 1. The Balaban J connectivity index is 2.43. The van der Waals surface area contributed by atoms with Crippen molar-refractivity contribution in [2.75, 3.05) is 19.7 Å². The van der Waals surface area contributed by atoms with E-state index >= 15 is 0 Å². The number of hydrogen-bond donors (Lipinski definition) is 1. The average Bonchev–Trinajstić information content (AvgIpc) is 2.15. The van der Waals surface area contributed by atoms with Gasteiger partial charge in [-0.15, -0.1) is 0 Å². The van der Waals surface area contributed by atoms with Crippen molar-refractivity contribution < 1.29 is 19.4 Å². The fourth-order valence-electron chi connectivity index (χ4n) is 1.28. The topological polar surface area (TPSA) is 66.8 Å². The molecule has 14 heavy (non-hydrogen) atoms. The summed E-state index contributed by atoms with van der Waals surface area (Å²) in [6.45, 7) is 2.37. The molecule has 0 aromatic heterocycles. The highest BCUT2D eigenvalue weighted by Gasteiger charge is 2.17. The summed E-state index contributed by atoms with van der Waals surface area (Å²) in [6, 6.07) is 0. The minimum Gasteiger partial charge on any atom is -0.465 e. The van der Waals surface area contributed by atoms with E-state index in [2.05, 4.69) is 0 Å². The molecule has 0 radical (unpaired) electrons. The van der Waals surface area contributed by atoms with Crippen LogP contribution in [0.5, 0.6) is 0 Å². The molecule has 0 unspecified atom stereocenters. The van der Waals surface area contributed by atoms with Gasteiger partial charge in [0.25, 0.3) is 0 Å². The maximum Gasteiger partial charge on any atom is 0.407 e. The molecule has 5 heteroatoms. The van der Waals surface area contributed by atoms with Gasteiger partial charge < -0.3 is 14.7 Å². The number of hydrogen-bond acceptors (Lipinski definition) is 3. The van der Waals surface area contributed by atoms with Crippen molar-refractivity contribution in [3.05, 3.63) is 11.6 Å². The van der Waals surface area contributed by atoms with Gasteiger partial charge in [0.2, 0.25) is 0 Å². The van der Waals surface area contributed by atoms with Crippen LogP contribution >= 0.6 is 0 Å². The summed E-state index contributed by atoms with van der Waals surface area (Å²) in [5.41, 5.74) is 0.842. The number of carbonyl (C=O) groups is 2. The van der Waals surface area contributed by atoms with Gasteiger partial charge in [0.05, 0.1) is 0 Å². The lowest BCUT2D eigenvalue weighted by Gasteiger charge is -2.24. The highest BCUT2D eigenvalue weighted by Crippen LogP contribution is 2.09. The molecule has 0 aromatic rings. The molecular formula is C9H13NO4. The van der Waals surface area contributed by atoms with Crippen molar-refractivity contribution in [3.8, 4) is 0 Å². The van der Waals surface area contributed by atoms with Gasteiger partial charge in [0.15, 0.2) is 0 Å². The van der Waals surface area contributed by atoms with Crippen molar-refractivity contribution in [2.45, 2.75) is 13.3 Å². The van der Waals surface area contributed by atoms with Crippen LogP contribution in [0.25, 0.3) is 0 Å². The van der Waals surface area contributed by atoms with E-state index in [4.69, 9.17) is 9.84 Å². The lowest BCUT2D eigenvalue weighted by molar-refractivity contribution is -0.140. The predicted molar refractivity (Wildman–Crippen MR) is 48.9 cm³/mol. The molecule has 1 N–H and O–H groups in total. The van der Waals surface area contributed by atoms with Crippen LogP contribution in [0, 0.1) is 0 Å². The Kier molecular flexibility index (Phi) is 3.50. The van der Waals surface area contributed by atoms with Crippen molar-refractivity contribution >= 4 is 12.1 Å². The molecule has 0 bridgehead atoms. The second kappa shape index (κ2) is 4.64. The summed E-state index contributed by atoms with van der Waals surface area (Å²) >= 11 is 0. The Morgan fingerprint density at radius 3 is 2.93 bits per heavy atom. The highest BCUT2D eigenvalue weighted by atomic mass is 16.5. The lowest BCUT2D eigenvalue weighted by Crippen LogP contribution is -2.35. The Bertz CT molecular complexity index is 272. The summed E-state index contributed by atoms with van der Waals surface area (Å²) in [5, 5.41) is 8.72. The zero-order valence-corrected chi connectivity index (χ0v) is 8.02. The number of ether oxygens (including phenoxy) is 1. The first-order valence-electron chi connectivity index (χ1n) is 4.38. The molecule has 1 aliphatic rings. The molecule has 0 fully saturated rings. The maximum atomic E-state index is 10.6. The van der Waals surface area contributed by atoms with Crippen LogP contribution in [0.3, 0.4) is 0 Å². The number of amides is 1. The second-order valence-electron chi connectivity index (χ2n) is 3.14. The van der Waals surface area contributed by atoms with Gasteiger partial charge in [0.1, 0.15) is 6.61 Å². The van der Waals surface area contributed by atoms with Gasteiger partial charge in [0, 0.05) is 20.0 Å². The third-order valence-corrected chi connectivity index (χ3v) is 1.96. The minimum absolute atomic E-state index is 0.194. The SMILES string of the molecule is CC(=O)OCC1=CCCN(C(=O)O)C1. The molecule has 0 saturated carbocycles. The smallest absolute Gasteiger partial charge is 0.407 e. The van der Waals surface area contributed by atoms with Crippen LogP contribution < -0.4 is 0 Å². The fraction of sp³-hybridized carbons (Fsp3) is 0.556. The largest absolute Gasteiger partial charge is 0.465 e. The minimum atomic E-state index is -0.932. The molecule has 1 amide bonds. The summed E-state index contributed by atoms with van der Waals surface area (Å²) in [6.07, 6.45) is 1.67. The molecule has 0 spiro atoms. The van der Waals surface area contributed by atoms with E-state index in [-0.39, 0.29) is 12.6 Å². The van der Waals surface area contributed by atoms with E-state index in [0.717, 1.165) is 5.57 Å². The molecule has 78 valence electrons. The Hall–Kier alpha value is -1.52. The standard InChI is InChI=1S/C9H13NO4/c1-7(11)14-6-8-3-2-4-10(5-8)9(12)13/h3H,2,4-6H2,1H3,(H,12,13). The van der Waals surface area contributed by atoms with Crippen LogP contribution in [0.4, 0.5) is 4.79 Å². The van der Waals surface area contributed by atoms with Crippen LogP contribution in [0.2, 0.25) is 0 Å². The van der Waals surface area contributed by atoms with Gasteiger partial charge >= 0.3 is 12.1 Å². The monoisotopic (exact) mass is 199 g/mol. The third kappa shape index (κ3) is 3.08. The molecule has 0 saturated heterocycles. The number of carboxylic acid groups (broad SMARTS) is 1. The van der Waals surface area contributed by atoms with Gasteiger partial charge in [-0.05, 0) is 12.0 Å². The van der Waals surface area contributed by atoms with Gasteiger partial charge in [-0.1, -0.05) is 6.08 Å². The van der Waals surface area contributed by atoms with Crippen molar-refractivity contribution in [1.82, 2.24) is 4.90 Å². The van der Waals surface area contributed by atoms with E-state index < -0.39 is 6.09 Å². The summed E-state index contributed by atoms with van der Waals surface area (Å²) in [4.78, 5) is 22.5. The fourth-order valence-corrected chi connectivity index (χ4v) is 1.28. The van der Waals surface area contributed by atoms with Gasteiger partial charge in [-0.25, -0.2) is 4.79 Å². The second-order valence-corrected chi connectivity index (χ2v) is 3.14. The Morgan fingerprint density at radius 1 is 1.64 bits per heavy atom. The van der Waals surface area contributed by atoms with Crippen LogP contribution in [-0.2, 0) is 9.53 Å². The zero-order chi connectivity index (χ0) is 10.6. The lowest BCUT2D eigenvalue weighted by atomic mass is 10.1. The van der Waals surface area contributed by atoms with Crippen molar-refractivity contribution in [3.63, 3.8) is 0 Å². The maximum absolute atomic E-state index is 10.6. The normalized spacial score (nSPS) is 16.1. The van der Waals surface area contributed by atoms with Crippen LogP contribution in [0.1, 0.15) is 13.3 Å². The zero-order valence-electron chi connectivity index (χ0n) is 8.02. The molecule has 0 aromatic carbocycles. The van der Waals surface area contributed by atoms with Crippen LogP contribution in [-0.4, -0.2) is 41.8 Å². The van der Waals surface area contributed by atoms with E-state index in [9.17, 15) is 9.59 Å². The number of rotatable bonds is 2. The van der Waals surface area contributed by atoms with Crippen molar-refractivity contribution in [1.29, 1.82) is 0 Å². The molecule has 0 atom stereocenters. The predicted octanol–water partition coefficient (Wildman–Crippen LogP) is 0.860. The molecular weight excluding hydrogens is 186 g/mol. The summed E-state index contributed by atoms with van der Waals surface area (Å²) in [5.74, 6) is -0.349. The first kappa shape index (κ1) is 10.6. The van der Waals surface area contributed by atoms with E-state index in [1.807, 2.05) is 6.08 Å². The Labute approximate surface area is 82.0 Å². The quantitative estimate of drug-likeness (QED) is 0.529. The molecule has 0 aliphatic carbocycles. The molecule has 1 heterocycles. The van der Waals surface area contributed by atoms with E-state index in [1.165, 1.54) is 11.8 Å². The number of esters is 1. The first-order chi connectivity index (χ1) is 6.59. The Morgan fingerprint density at radius 2 is 2.36 bits per heavy atom. The molecule has 5 nitrogen and oxygen atoms in total. The van der Waals surface area contributed by atoms with Gasteiger partial charge in [-0.2, -0.15) is 0 Å². The molecule has 1 aliphatic heterocycles. The third-order valence-electron chi connectivity index (χ3n) is 1.96.